The van der Waals surface area contributed by atoms with E-state index in [1.54, 1.807) is 6.20 Å². The number of rotatable bonds is 7. The minimum Gasteiger partial charge on any atom is -0.441 e. The second-order valence-corrected chi connectivity index (χ2v) is 5.76. The third-order valence-corrected chi connectivity index (χ3v) is 3.99. The van der Waals surface area contributed by atoms with Gasteiger partial charge in [-0.2, -0.15) is 0 Å². The van der Waals surface area contributed by atoms with Crippen LogP contribution in [0.25, 0.3) is 11.3 Å². The smallest absolute Gasteiger partial charge is 0.220 e. The molecular weight excluding hydrogens is 292 g/mol. The number of amides is 1. The maximum absolute atomic E-state index is 11.8. The van der Waals surface area contributed by atoms with Crippen LogP contribution in [0.3, 0.4) is 0 Å². The average molecular weight is 314 g/mol. The first kappa shape index (κ1) is 15.7. The van der Waals surface area contributed by atoms with E-state index in [1.807, 2.05) is 30.3 Å². The molecule has 0 radical (unpaired) electrons. The molecule has 1 amide bonds. The predicted molar refractivity (Wildman–Crippen MR) is 86.9 cm³/mol. The number of benzene rings is 1. The first-order valence-corrected chi connectivity index (χ1v) is 8.20. The quantitative estimate of drug-likeness (QED) is 0.853. The molecule has 2 heterocycles. The lowest BCUT2D eigenvalue weighted by atomic mass is 10.2. The third kappa shape index (κ3) is 4.66. The Kier molecular flexibility index (Phi) is 5.42. The molecule has 2 aromatic rings. The molecule has 122 valence electrons. The molecule has 5 nitrogen and oxygen atoms in total. The molecular formula is C18H22N2O3. The van der Waals surface area contributed by atoms with Gasteiger partial charge < -0.3 is 14.5 Å². The van der Waals surface area contributed by atoms with E-state index in [1.165, 1.54) is 0 Å². The van der Waals surface area contributed by atoms with Crippen molar-refractivity contribution in [2.24, 2.45) is 0 Å². The molecule has 1 aliphatic heterocycles. The molecule has 0 spiro atoms. The number of hydrogen-bond acceptors (Lipinski definition) is 4. The number of hydrogen-bond donors (Lipinski definition) is 1. The molecule has 1 aromatic heterocycles. The van der Waals surface area contributed by atoms with Gasteiger partial charge in [-0.05, 0) is 19.3 Å². The molecule has 0 unspecified atom stereocenters. The van der Waals surface area contributed by atoms with Gasteiger partial charge >= 0.3 is 0 Å². The first-order valence-electron chi connectivity index (χ1n) is 8.20. The Morgan fingerprint density at radius 1 is 1.30 bits per heavy atom. The molecule has 0 bridgehead atoms. The standard InChI is InChI=1S/C18H22N2O3/c21-17(19-11-10-15-7-4-12-22-15)8-9-18-20-13-16(23-18)14-5-2-1-3-6-14/h1-3,5-6,13,15H,4,7-12H2,(H,19,21)/t15-/m1/s1. The van der Waals surface area contributed by atoms with Crippen LogP contribution in [0.5, 0.6) is 0 Å². The maximum Gasteiger partial charge on any atom is 0.220 e. The Morgan fingerprint density at radius 3 is 2.96 bits per heavy atom. The van der Waals surface area contributed by atoms with Crippen LogP contribution in [0.1, 0.15) is 31.6 Å². The van der Waals surface area contributed by atoms with Gasteiger partial charge in [-0.25, -0.2) is 4.98 Å². The molecule has 3 rings (SSSR count). The number of oxazole rings is 1. The van der Waals surface area contributed by atoms with Crippen LogP contribution in [0, 0.1) is 0 Å². The van der Waals surface area contributed by atoms with E-state index in [-0.39, 0.29) is 5.91 Å². The van der Waals surface area contributed by atoms with Gasteiger partial charge in [0.2, 0.25) is 5.91 Å². The van der Waals surface area contributed by atoms with Crippen LogP contribution < -0.4 is 5.32 Å². The number of nitrogens with one attached hydrogen (secondary N) is 1. The summed E-state index contributed by atoms with van der Waals surface area (Å²) in [5, 5.41) is 2.93. The van der Waals surface area contributed by atoms with Gasteiger partial charge in [-0.1, -0.05) is 30.3 Å². The zero-order chi connectivity index (χ0) is 15.9. The molecule has 1 aromatic carbocycles. The van der Waals surface area contributed by atoms with Gasteiger partial charge in [0.25, 0.3) is 0 Å². The molecule has 1 fully saturated rings. The van der Waals surface area contributed by atoms with Crippen molar-refractivity contribution in [2.75, 3.05) is 13.2 Å². The topological polar surface area (TPSA) is 64.4 Å². The summed E-state index contributed by atoms with van der Waals surface area (Å²) in [5.41, 5.74) is 0.993. The second-order valence-electron chi connectivity index (χ2n) is 5.76. The molecule has 1 saturated heterocycles. The summed E-state index contributed by atoms with van der Waals surface area (Å²) >= 11 is 0. The highest BCUT2D eigenvalue weighted by Gasteiger charge is 2.15. The Bertz CT molecular complexity index is 618. The summed E-state index contributed by atoms with van der Waals surface area (Å²) in [6.45, 7) is 1.52. The highest BCUT2D eigenvalue weighted by molar-refractivity contribution is 5.76. The molecule has 0 saturated carbocycles. The van der Waals surface area contributed by atoms with E-state index < -0.39 is 0 Å². The van der Waals surface area contributed by atoms with Gasteiger partial charge in [0.1, 0.15) is 0 Å². The molecule has 1 atom stereocenters. The van der Waals surface area contributed by atoms with Gasteiger partial charge in [-0.15, -0.1) is 0 Å². The minimum absolute atomic E-state index is 0.0301. The predicted octanol–water partition coefficient (Wildman–Crippen LogP) is 2.96. The van der Waals surface area contributed by atoms with Crippen molar-refractivity contribution in [1.29, 1.82) is 0 Å². The Morgan fingerprint density at radius 2 is 2.17 bits per heavy atom. The lowest BCUT2D eigenvalue weighted by Gasteiger charge is -2.09. The number of aromatic nitrogens is 1. The Balaban J connectivity index is 1.40. The zero-order valence-electron chi connectivity index (χ0n) is 13.2. The number of aryl methyl sites for hydroxylation is 1. The van der Waals surface area contributed by atoms with E-state index in [0.29, 0.717) is 31.4 Å². The van der Waals surface area contributed by atoms with E-state index in [4.69, 9.17) is 9.15 Å². The number of carbonyl (C=O) groups is 1. The number of ether oxygens (including phenoxy) is 1. The molecule has 5 heteroatoms. The lowest BCUT2D eigenvalue weighted by molar-refractivity contribution is -0.121. The lowest BCUT2D eigenvalue weighted by Crippen LogP contribution is -2.27. The van der Waals surface area contributed by atoms with Crippen molar-refractivity contribution in [1.82, 2.24) is 10.3 Å². The fourth-order valence-electron chi connectivity index (χ4n) is 2.72. The van der Waals surface area contributed by atoms with Crippen LogP contribution in [-0.4, -0.2) is 30.1 Å². The second kappa shape index (κ2) is 7.92. The Labute approximate surface area is 136 Å². The highest BCUT2D eigenvalue weighted by Crippen LogP contribution is 2.20. The Hall–Kier alpha value is -2.14. The summed E-state index contributed by atoms with van der Waals surface area (Å²) in [5.74, 6) is 1.36. The van der Waals surface area contributed by atoms with Crippen molar-refractivity contribution in [3.8, 4) is 11.3 Å². The first-order chi connectivity index (χ1) is 11.3. The SMILES string of the molecule is O=C(CCc1ncc(-c2ccccc2)o1)NCC[C@H]1CCCO1. The van der Waals surface area contributed by atoms with Crippen LogP contribution in [-0.2, 0) is 16.0 Å². The monoisotopic (exact) mass is 314 g/mol. The fraction of sp³-hybridized carbons (Fsp3) is 0.444. The van der Waals surface area contributed by atoms with Crippen molar-refractivity contribution < 1.29 is 13.9 Å². The minimum atomic E-state index is 0.0301. The van der Waals surface area contributed by atoms with E-state index in [0.717, 1.165) is 37.2 Å². The van der Waals surface area contributed by atoms with Gasteiger partial charge in [0, 0.05) is 31.6 Å². The molecule has 1 N–H and O–H groups in total. The van der Waals surface area contributed by atoms with Crippen molar-refractivity contribution in [2.45, 2.75) is 38.2 Å². The average Bonchev–Trinajstić information content (AvgIpc) is 3.25. The fourth-order valence-corrected chi connectivity index (χ4v) is 2.72. The number of carbonyl (C=O) groups excluding carboxylic acids is 1. The maximum atomic E-state index is 11.8. The summed E-state index contributed by atoms with van der Waals surface area (Å²) in [6, 6.07) is 9.82. The highest BCUT2D eigenvalue weighted by atomic mass is 16.5. The van der Waals surface area contributed by atoms with Crippen LogP contribution in [0.15, 0.2) is 40.9 Å². The van der Waals surface area contributed by atoms with Crippen molar-refractivity contribution >= 4 is 5.91 Å². The number of nitrogens with zero attached hydrogens (tertiary/aromatic N) is 1. The summed E-state index contributed by atoms with van der Waals surface area (Å²) < 4.78 is 11.2. The molecule has 23 heavy (non-hydrogen) atoms. The molecule has 1 aliphatic rings. The summed E-state index contributed by atoms with van der Waals surface area (Å²) in [7, 11) is 0. The van der Waals surface area contributed by atoms with Crippen LogP contribution in [0.4, 0.5) is 0 Å². The van der Waals surface area contributed by atoms with Crippen molar-refractivity contribution in [3.63, 3.8) is 0 Å². The van der Waals surface area contributed by atoms with Crippen LogP contribution in [0.2, 0.25) is 0 Å². The van der Waals surface area contributed by atoms with Gasteiger partial charge in [-0.3, -0.25) is 4.79 Å². The largest absolute Gasteiger partial charge is 0.441 e. The van der Waals surface area contributed by atoms with Crippen LogP contribution >= 0.6 is 0 Å². The summed E-state index contributed by atoms with van der Waals surface area (Å²) in [4.78, 5) is 16.1. The van der Waals surface area contributed by atoms with E-state index >= 15 is 0 Å². The normalized spacial score (nSPS) is 17.3. The molecule has 0 aliphatic carbocycles. The third-order valence-electron chi connectivity index (χ3n) is 3.99. The summed E-state index contributed by atoms with van der Waals surface area (Å²) in [6.07, 6.45) is 6.05. The van der Waals surface area contributed by atoms with E-state index in [9.17, 15) is 4.79 Å². The van der Waals surface area contributed by atoms with Gasteiger partial charge in [0.15, 0.2) is 11.7 Å². The zero-order valence-corrected chi connectivity index (χ0v) is 13.2. The van der Waals surface area contributed by atoms with Crippen molar-refractivity contribution in [3.05, 3.63) is 42.4 Å². The van der Waals surface area contributed by atoms with Gasteiger partial charge in [0.05, 0.1) is 12.3 Å². The van der Waals surface area contributed by atoms with E-state index in [2.05, 4.69) is 10.3 Å².